The summed E-state index contributed by atoms with van der Waals surface area (Å²) in [6.07, 6.45) is 0. The number of rotatable bonds is 4. The first-order valence-electron chi connectivity index (χ1n) is 5.59. The summed E-state index contributed by atoms with van der Waals surface area (Å²) in [5.74, 6) is 0. The van der Waals surface area contributed by atoms with Crippen molar-refractivity contribution in [1.29, 1.82) is 0 Å². The van der Waals surface area contributed by atoms with Crippen LogP contribution in [0.25, 0.3) is 0 Å². The predicted molar refractivity (Wildman–Crippen MR) is 77.0 cm³/mol. The Morgan fingerprint density at radius 1 is 1.53 bits per heavy atom. The average molecular weight is 298 g/mol. The van der Waals surface area contributed by atoms with Gasteiger partial charge in [-0.3, -0.25) is 10.1 Å². The van der Waals surface area contributed by atoms with Gasteiger partial charge >= 0.3 is 0 Å². The third kappa shape index (κ3) is 3.02. The van der Waals surface area contributed by atoms with Crippen molar-refractivity contribution in [2.24, 2.45) is 0 Å². The van der Waals surface area contributed by atoms with Crippen LogP contribution < -0.4 is 5.32 Å². The van der Waals surface area contributed by atoms with E-state index in [2.05, 4.69) is 10.3 Å². The van der Waals surface area contributed by atoms with Gasteiger partial charge in [-0.05, 0) is 26.0 Å². The molecule has 2 rings (SSSR count). The van der Waals surface area contributed by atoms with Gasteiger partial charge in [0.25, 0.3) is 5.69 Å². The number of nitrogens with zero attached hydrogens (tertiary/aromatic N) is 2. The molecule has 0 aliphatic heterocycles. The van der Waals surface area contributed by atoms with Crippen molar-refractivity contribution in [3.63, 3.8) is 0 Å². The van der Waals surface area contributed by atoms with Crippen LogP contribution >= 0.6 is 22.9 Å². The van der Waals surface area contributed by atoms with E-state index in [9.17, 15) is 10.1 Å². The molecule has 0 aliphatic carbocycles. The minimum Gasteiger partial charge on any atom is -0.372 e. The first-order valence-corrected chi connectivity index (χ1v) is 6.85. The summed E-state index contributed by atoms with van der Waals surface area (Å²) in [4.78, 5) is 15.8. The standard InChI is InChI=1S/C12H12ClN3O2S/c1-7-12(19-6-14-7)8(2)15-10-5-9(13)3-4-11(10)16(17)18/h3-6,8,15H,1-2H3. The lowest BCUT2D eigenvalue weighted by atomic mass is 10.2. The zero-order valence-electron chi connectivity index (χ0n) is 10.4. The number of anilines is 1. The lowest BCUT2D eigenvalue weighted by Crippen LogP contribution is -2.08. The number of hydrogen-bond acceptors (Lipinski definition) is 5. The average Bonchev–Trinajstić information content (AvgIpc) is 2.75. The fraction of sp³-hybridized carbons (Fsp3) is 0.250. The third-order valence-corrected chi connectivity index (χ3v) is 4.05. The summed E-state index contributed by atoms with van der Waals surface area (Å²) in [6, 6.07) is 4.40. The summed E-state index contributed by atoms with van der Waals surface area (Å²) >= 11 is 7.41. The van der Waals surface area contributed by atoms with Crippen molar-refractivity contribution in [1.82, 2.24) is 4.98 Å². The molecule has 0 saturated carbocycles. The monoisotopic (exact) mass is 297 g/mol. The maximum atomic E-state index is 11.0. The van der Waals surface area contributed by atoms with Crippen molar-refractivity contribution in [3.8, 4) is 0 Å². The molecule has 2 aromatic rings. The van der Waals surface area contributed by atoms with Gasteiger partial charge in [-0.15, -0.1) is 11.3 Å². The molecule has 0 amide bonds. The number of aromatic nitrogens is 1. The van der Waals surface area contributed by atoms with Crippen molar-refractivity contribution >= 4 is 34.3 Å². The lowest BCUT2D eigenvalue weighted by Gasteiger charge is -2.14. The Labute approximate surface area is 119 Å². The molecule has 0 saturated heterocycles. The van der Waals surface area contributed by atoms with Crippen LogP contribution in [0.3, 0.4) is 0 Å². The van der Waals surface area contributed by atoms with Crippen LogP contribution in [0.1, 0.15) is 23.5 Å². The normalized spacial score (nSPS) is 12.2. The topological polar surface area (TPSA) is 68.1 Å². The van der Waals surface area contributed by atoms with Crippen LogP contribution in [0.4, 0.5) is 11.4 Å². The van der Waals surface area contributed by atoms with Crippen LogP contribution in [0, 0.1) is 17.0 Å². The van der Waals surface area contributed by atoms with Crippen molar-refractivity contribution in [2.75, 3.05) is 5.32 Å². The second-order valence-electron chi connectivity index (χ2n) is 4.09. The van der Waals surface area contributed by atoms with Gasteiger partial charge in [-0.1, -0.05) is 11.6 Å². The van der Waals surface area contributed by atoms with Crippen molar-refractivity contribution in [3.05, 3.63) is 49.4 Å². The summed E-state index contributed by atoms with van der Waals surface area (Å²) in [5, 5.41) is 14.6. The van der Waals surface area contributed by atoms with E-state index in [-0.39, 0.29) is 11.7 Å². The highest BCUT2D eigenvalue weighted by Gasteiger charge is 2.18. The van der Waals surface area contributed by atoms with E-state index in [0.29, 0.717) is 10.7 Å². The Balaban J connectivity index is 2.30. The van der Waals surface area contributed by atoms with E-state index in [1.807, 2.05) is 13.8 Å². The van der Waals surface area contributed by atoms with E-state index in [4.69, 9.17) is 11.6 Å². The number of nitro groups is 1. The van der Waals surface area contributed by atoms with E-state index in [0.717, 1.165) is 10.6 Å². The summed E-state index contributed by atoms with van der Waals surface area (Å²) < 4.78 is 0. The largest absolute Gasteiger partial charge is 0.372 e. The van der Waals surface area contributed by atoms with Crippen LogP contribution in [0.15, 0.2) is 23.7 Å². The number of benzene rings is 1. The Hall–Kier alpha value is -1.66. The zero-order valence-corrected chi connectivity index (χ0v) is 12.0. The number of halogens is 1. The molecule has 1 aromatic heterocycles. The van der Waals surface area contributed by atoms with Gasteiger partial charge in [0, 0.05) is 16.0 Å². The van der Waals surface area contributed by atoms with Gasteiger partial charge in [0.2, 0.25) is 0 Å². The van der Waals surface area contributed by atoms with Gasteiger partial charge in [0.1, 0.15) is 5.69 Å². The molecule has 0 fully saturated rings. The molecule has 1 aromatic carbocycles. The van der Waals surface area contributed by atoms with Crippen LogP contribution in [0.5, 0.6) is 0 Å². The lowest BCUT2D eigenvalue weighted by molar-refractivity contribution is -0.384. The molecule has 0 radical (unpaired) electrons. The highest BCUT2D eigenvalue weighted by molar-refractivity contribution is 7.09. The van der Waals surface area contributed by atoms with Gasteiger partial charge in [0.05, 0.1) is 22.2 Å². The SMILES string of the molecule is Cc1ncsc1C(C)Nc1cc(Cl)ccc1[N+](=O)[O-]. The number of aryl methyl sites for hydroxylation is 1. The molecule has 19 heavy (non-hydrogen) atoms. The highest BCUT2D eigenvalue weighted by Crippen LogP contribution is 2.32. The quantitative estimate of drug-likeness (QED) is 0.679. The maximum Gasteiger partial charge on any atom is 0.292 e. The van der Waals surface area contributed by atoms with E-state index in [1.165, 1.54) is 23.5 Å². The smallest absolute Gasteiger partial charge is 0.292 e. The van der Waals surface area contributed by atoms with Crippen LogP contribution in [-0.4, -0.2) is 9.91 Å². The van der Waals surface area contributed by atoms with E-state index in [1.54, 1.807) is 11.6 Å². The fourth-order valence-electron chi connectivity index (χ4n) is 1.81. The van der Waals surface area contributed by atoms with E-state index >= 15 is 0 Å². The molecule has 1 unspecified atom stereocenters. The maximum absolute atomic E-state index is 11.0. The van der Waals surface area contributed by atoms with Gasteiger partial charge in [-0.25, -0.2) is 4.98 Å². The fourth-order valence-corrected chi connectivity index (χ4v) is 2.79. The molecule has 1 N–H and O–H groups in total. The predicted octanol–water partition coefficient (Wildman–Crippen LogP) is 4.19. The van der Waals surface area contributed by atoms with E-state index < -0.39 is 4.92 Å². The summed E-state index contributed by atoms with van der Waals surface area (Å²) in [5.41, 5.74) is 3.11. The minimum atomic E-state index is -0.426. The van der Waals surface area contributed by atoms with Gasteiger partial charge in [0.15, 0.2) is 0 Å². The zero-order chi connectivity index (χ0) is 14.0. The van der Waals surface area contributed by atoms with Crippen molar-refractivity contribution < 1.29 is 4.92 Å². The minimum absolute atomic E-state index is 0.0124. The molecule has 7 heteroatoms. The second kappa shape index (κ2) is 5.54. The second-order valence-corrected chi connectivity index (χ2v) is 5.41. The molecule has 0 aliphatic rings. The number of nitrogens with one attached hydrogen (secondary N) is 1. The van der Waals surface area contributed by atoms with Gasteiger partial charge in [-0.2, -0.15) is 0 Å². The first-order chi connectivity index (χ1) is 8.99. The van der Waals surface area contributed by atoms with Crippen LogP contribution in [0.2, 0.25) is 5.02 Å². The first kappa shape index (κ1) is 13.8. The Bertz CT molecular complexity index is 615. The molecule has 0 bridgehead atoms. The molecular formula is C12H12ClN3O2S. The molecule has 1 heterocycles. The molecule has 0 spiro atoms. The molecular weight excluding hydrogens is 286 g/mol. The third-order valence-electron chi connectivity index (χ3n) is 2.70. The van der Waals surface area contributed by atoms with Gasteiger partial charge < -0.3 is 5.32 Å². The Morgan fingerprint density at radius 3 is 2.84 bits per heavy atom. The Kier molecular flexibility index (Phi) is 4.01. The molecule has 1 atom stereocenters. The Morgan fingerprint density at radius 2 is 2.26 bits per heavy atom. The summed E-state index contributed by atoms with van der Waals surface area (Å²) in [7, 11) is 0. The highest BCUT2D eigenvalue weighted by atomic mass is 35.5. The summed E-state index contributed by atoms with van der Waals surface area (Å²) in [6.45, 7) is 3.85. The number of hydrogen-bond donors (Lipinski definition) is 1. The number of thiazole rings is 1. The molecule has 100 valence electrons. The van der Waals surface area contributed by atoms with Crippen molar-refractivity contribution in [2.45, 2.75) is 19.9 Å². The number of nitro benzene ring substituents is 1. The molecule has 5 nitrogen and oxygen atoms in total. The van der Waals surface area contributed by atoms with Crippen LogP contribution in [-0.2, 0) is 0 Å².